The van der Waals surface area contributed by atoms with Gasteiger partial charge in [-0.3, -0.25) is 0 Å². The minimum absolute atomic E-state index is 0.0103. The van der Waals surface area contributed by atoms with Crippen molar-refractivity contribution in [1.82, 2.24) is 9.55 Å². The van der Waals surface area contributed by atoms with Crippen molar-refractivity contribution in [2.45, 2.75) is 53.3 Å². The first-order chi connectivity index (χ1) is 25.4. The van der Waals surface area contributed by atoms with E-state index in [1.54, 1.807) is 0 Å². The van der Waals surface area contributed by atoms with E-state index in [4.69, 9.17) is 17.9 Å². The molecule has 9 rings (SSSR count). The van der Waals surface area contributed by atoms with Crippen LogP contribution in [0.25, 0.3) is 83.2 Å². The lowest BCUT2D eigenvalue weighted by Gasteiger charge is -2.21. The SMILES string of the molecule is [2H]C([2H])([2H])c1nc2c3ccc(C)c(-c4n(-c5c(C(C)C)cc(-c6ccccc6)cc5C(C)C)c5ccccc5[n+]4C)c3oc2c2oc3ccccc3c12. The Labute approximate surface area is 295 Å². The van der Waals surface area contributed by atoms with E-state index in [-0.39, 0.29) is 17.5 Å². The highest BCUT2D eigenvalue weighted by molar-refractivity contribution is 6.19. The number of imidazole rings is 1. The molecule has 0 fully saturated rings. The zero-order valence-electron chi connectivity index (χ0n) is 32.1. The molecule has 0 saturated carbocycles. The van der Waals surface area contributed by atoms with Gasteiger partial charge >= 0.3 is 0 Å². The third kappa shape index (κ3) is 4.32. The molecule has 0 radical (unpaired) electrons. The van der Waals surface area contributed by atoms with Gasteiger partial charge in [-0.2, -0.15) is 4.57 Å². The molecule has 0 aliphatic carbocycles. The van der Waals surface area contributed by atoms with Crippen LogP contribution in [0, 0.1) is 13.8 Å². The zero-order valence-corrected chi connectivity index (χ0v) is 29.1. The van der Waals surface area contributed by atoms with Crippen LogP contribution in [0.1, 0.15) is 66.0 Å². The molecule has 5 aromatic carbocycles. The number of hydrogen-bond donors (Lipinski definition) is 0. The molecule has 0 bridgehead atoms. The van der Waals surface area contributed by atoms with Crippen molar-refractivity contribution in [3.8, 4) is 28.2 Å². The maximum atomic E-state index is 8.50. The van der Waals surface area contributed by atoms with Gasteiger partial charge in [-0.25, -0.2) is 9.55 Å². The van der Waals surface area contributed by atoms with Gasteiger partial charge in [-0.1, -0.05) is 94.4 Å². The normalized spacial score (nSPS) is 13.4. The Morgan fingerprint density at radius 1 is 0.720 bits per heavy atom. The molecule has 0 spiro atoms. The van der Waals surface area contributed by atoms with Crippen molar-refractivity contribution >= 4 is 55.0 Å². The van der Waals surface area contributed by atoms with Gasteiger partial charge in [0.25, 0.3) is 5.82 Å². The molecular formula is C45H40N3O2+. The lowest BCUT2D eigenvalue weighted by molar-refractivity contribution is -0.633. The first kappa shape index (κ1) is 27.2. The smallest absolute Gasteiger partial charge is 0.299 e. The molecule has 0 amide bonds. The lowest BCUT2D eigenvalue weighted by Crippen LogP contribution is -2.30. The second kappa shape index (κ2) is 11.2. The Kier molecular flexibility index (Phi) is 6.07. The minimum atomic E-state index is -2.47. The Morgan fingerprint density at radius 3 is 2.16 bits per heavy atom. The Balaban J connectivity index is 1.43. The van der Waals surface area contributed by atoms with Crippen LogP contribution < -0.4 is 4.57 Å². The second-order valence-corrected chi connectivity index (χ2v) is 14.1. The molecule has 9 aromatic rings. The summed E-state index contributed by atoms with van der Waals surface area (Å²) in [6.07, 6.45) is 0. The summed E-state index contributed by atoms with van der Waals surface area (Å²) >= 11 is 0. The summed E-state index contributed by atoms with van der Waals surface area (Å²) in [6, 6.07) is 35.4. The maximum Gasteiger partial charge on any atom is 0.299 e. The van der Waals surface area contributed by atoms with Crippen LogP contribution in [0.5, 0.6) is 0 Å². The van der Waals surface area contributed by atoms with E-state index in [0.29, 0.717) is 38.6 Å². The van der Waals surface area contributed by atoms with Gasteiger partial charge < -0.3 is 8.83 Å². The van der Waals surface area contributed by atoms with E-state index < -0.39 is 6.85 Å². The molecule has 246 valence electrons. The Bertz CT molecular complexity index is 2880. The van der Waals surface area contributed by atoms with Crippen molar-refractivity contribution in [2.24, 2.45) is 7.05 Å². The Hall–Kier alpha value is -5.68. The van der Waals surface area contributed by atoms with Crippen LogP contribution in [0.15, 0.2) is 112 Å². The summed E-state index contributed by atoms with van der Waals surface area (Å²) in [5, 5.41) is 1.90. The van der Waals surface area contributed by atoms with Crippen molar-refractivity contribution < 1.29 is 17.5 Å². The molecule has 0 saturated heterocycles. The van der Waals surface area contributed by atoms with Crippen molar-refractivity contribution in [3.63, 3.8) is 0 Å². The Morgan fingerprint density at radius 2 is 1.42 bits per heavy atom. The van der Waals surface area contributed by atoms with Gasteiger partial charge in [0.2, 0.25) is 0 Å². The second-order valence-electron chi connectivity index (χ2n) is 14.1. The fourth-order valence-corrected chi connectivity index (χ4v) is 7.83. The number of aryl methyl sites for hydroxylation is 3. The standard InChI is InChI=1S/C45H40N3O2/c1-25(2)33-23-30(29-15-9-8-10-16-29)24-34(26(3)4)41(33)48-36-19-13-12-18-35(36)47(7)45(48)38-27(5)21-22-32-40-44(50-42(32)38)43-39(28(6)46-40)31-17-11-14-20-37(31)49-43/h8-26H,1-7H3/q+1/i6D3. The first-order valence-electron chi connectivity index (χ1n) is 18.8. The highest BCUT2D eigenvalue weighted by Gasteiger charge is 2.34. The van der Waals surface area contributed by atoms with Crippen LogP contribution >= 0.6 is 0 Å². The number of pyridine rings is 1. The summed E-state index contributed by atoms with van der Waals surface area (Å²) in [4.78, 5) is 4.88. The van der Waals surface area contributed by atoms with Crippen LogP contribution in [0.2, 0.25) is 0 Å². The van der Waals surface area contributed by atoms with Gasteiger partial charge in [-0.05, 0) is 78.7 Å². The van der Waals surface area contributed by atoms with Gasteiger partial charge in [0.1, 0.15) is 22.4 Å². The van der Waals surface area contributed by atoms with Crippen molar-refractivity contribution in [2.75, 3.05) is 0 Å². The van der Waals surface area contributed by atoms with Crippen LogP contribution in [-0.2, 0) is 7.05 Å². The van der Waals surface area contributed by atoms with Gasteiger partial charge in [-0.15, -0.1) is 0 Å². The van der Waals surface area contributed by atoms with E-state index >= 15 is 0 Å². The quantitative estimate of drug-likeness (QED) is 0.173. The third-order valence-corrected chi connectivity index (χ3v) is 10.3. The summed E-state index contributed by atoms with van der Waals surface area (Å²) < 4.78 is 43.5. The summed E-state index contributed by atoms with van der Waals surface area (Å²) in [5.74, 6) is 1.40. The highest BCUT2D eigenvalue weighted by atomic mass is 16.4. The molecule has 4 aromatic heterocycles. The zero-order chi connectivity index (χ0) is 36.9. The van der Waals surface area contributed by atoms with Crippen molar-refractivity contribution in [1.29, 1.82) is 0 Å². The summed E-state index contributed by atoms with van der Waals surface area (Å²) in [6.45, 7) is 8.69. The molecule has 50 heavy (non-hydrogen) atoms. The molecule has 0 aliphatic rings. The summed E-state index contributed by atoms with van der Waals surface area (Å²) in [7, 11) is 2.11. The van der Waals surface area contributed by atoms with Crippen LogP contribution in [-0.4, -0.2) is 9.55 Å². The molecule has 4 heterocycles. The fourth-order valence-electron chi connectivity index (χ4n) is 7.83. The number of aromatic nitrogens is 3. The summed E-state index contributed by atoms with van der Waals surface area (Å²) in [5.41, 5.74) is 12.7. The van der Waals surface area contributed by atoms with E-state index in [0.717, 1.165) is 39.1 Å². The number of rotatable bonds is 5. The predicted octanol–water partition coefficient (Wildman–Crippen LogP) is 11.8. The van der Waals surface area contributed by atoms with Gasteiger partial charge in [0.15, 0.2) is 27.8 Å². The molecule has 0 unspecified atom stereocenters. The van der Waals surface area contributed by atoms with E-state index in [2.05, 4.69) is 124 Å². The molecule has 0 aliphatic heterocycles. The number of hydrogen-bond acceptors (Lipinski definition) is 3. The molecule has 0 atom stereocenters. The number of para-hydroxylation sites is 3. The number of furan rings is 2. The van der Waals surface area contributed by atoms with Gasteiger partial charge in [0.05, 0.1) is 18.1 Å². The van der Waals surface area contributed by atoms with E-state index in [1.165, 1.54) is 22.3 Å². The van der Waals surface area contributed by atoms with E-state index in [9.17, 15) is 0 Å². The topological polar surface area (TPSA) is 48.0 Å². The number of fused-ring (bicyclic) bond motifs is 8. The van der Waals surface area contributed by atoms with E-state index in [1.807, 2.05) is 30.3 Å². The van der Waals surface area contributed by atoms with Gasteiger partial charge in [0, 0.05) is 26.0 Å². The average Bonchev–Trinajstić information content (AvgIpc) is 3.80. The molecule has 0 N–H and O–H groups in total. The van der Waals surface area contributed by atoms with Crippen molar-refractivity contribution in [3.05, 3.63) is 126 Å². The maximum absolute atomic E-state index is 8.50. The largest absolute Gasteiger partial charge is 0.452 e. The third-order valence-electron chi connectivity index (χ3n) is 10.3. The highest BCUT2D eigenvalue weighted by Crippen LogP contribution is 2.45. The number of benzene rings is 5. The minimum Gasteiger partial charge on any atom is -0.452 e. The number of nitrogens with zero attached hydrogens (tertiary/aromatic N) is 3. The molecule has 5 nitrogen and oxygen atoms in total. The lowest BCUT2D eigenvalue weighted by atomic mass is 9.88. The van der Waals surface area contributed by atoms with Crippen LogP contribution in [0.4, 0.5) is 0 Å². The molecule has 5 heteroatoms. The average molecular weight is 658 g/mol. The predicted molar refractivity (Wildman–Crippen MR) is 205 cm³/mol. The molecular weight excluding hydrogens is 615 g/mol. The first-order valence-corrected chi connectivity index (χ1v) is 17.3. The monoisotopic (exact) mass is 657 g/mol. The fraction of sp³-hybridized carbons (Fsp3) is 0.200. The van der Waals surface area contributed by atoms with Crippen LogP contribution in [0.3, 0.4) is 0 Å².